The second-order valence-corrected chi connectivity index (χ2v) is 14.0. The molecule has 0 spiro atoms. The van der Waals surface area contributed by atoms with Gasteiger partial charge in [-0.3, -0.25) is 4.90 Å². The maximum Gasteiger partial charge on any atom is 0.204 e. The number of carboxylic acids is 1. The third kappa shape index (κ3) is 6.10. The fourth-order valence-corrected chi connectivity index (χ4v) is 8.18. The molecule has 0 saturated carbocycles. The molecule has 6 bridgehead atoms. The van der Waals surface area contributed by atoms with Gasteiger partial charge in [-0.25, -0.2) is 0 Å². The number of carbonyl (C=O) groups excluding carboxylic acids is 1. The third-order valence-electron chi connectivity index (χ3n) is 11.4. The minimum atomic E-state index is -1.08. The van der Waals surface area contributed by atoms with Crippen molar-refractivity contribution < 1.29 is 42.8 Å². The summed E-state index contributed by atoms with van der Waals surface area (Å²) in [5.41, 5.74) is 6.36. The van der Waals surface area contributed by atoms with Crippen LogP contribution >= 0.6 is 0 Å². The van der Waals surface area contributed by atoms with Crippen molar-refractivity contribution >= 4 is 5.97 Å². The van der Waals surface area contributed by atoms with Crippen LogP contribution in [0.4, 0.5) is 0 Å². The quantitative estimate of drug-likeness (QED) is 0.232. The van der Waals surface area contributed by atoms with Gasteiger partial charge in [0.25, 0.3) is 0 Å². The second kappa shape index (κ2) is 13.7. The number of ether oxygens (including phenoxy) is 6. The van der Waals surface area contributed by atoms with Crippen LogP contribution in [0, 0.1) is 0 Å². The lowest BCUT2D eigenvalue weighted by Gasteiger charge is -2.50. The van der Waals surface area contributed by atoms with E-state index in [4.69, 9.17) is 28.4 Å². The Morgan fingerprint density at radius 3 is 2.20 bits per heavy atom. The van der Waals surface area contributed by atoms with Crippen LogP contribution in [-0.2, 0) is 30.5 Å². The highest BCUT2D eigenvalue weighted by Crippen LogP contribution is 2.52. The van der Waals surface area contributed by atoms with Gasteiger partial charge in [0.2, 0.25) is 5.75 Å². The zero-order valence-electron chi connectivity index (χ0n) is 30.4. The summed E-state index contributed by atoms with van der Waals surface area (Å²) in [4.78, 5) is 14.8. The van der Waals surface area contributed by atoms with Crippen LogP contribution in [-0.4, -0.2) is 77.0 Å². The van der Waals surface area contributed by atoms with E-state index in [9.17, 15) is 9.90 Å². The molecule has 8 rings (SSSR count). The van der Waals surface area contributed by atoms with Crippen LogP contribution < -0.4 is 33.5 Å². The zero-order valence-corrected chi connectivity index (χ0v) is 30.4. The van der Waals surface area contributed by atoms with E-state index in [1.165, 1.54) is 0 Å². The lowest BCUT2D eigenvalue weighted by Crippen LogP contribution is -2.62. The number of hydrogen-bond donors (Lipinski definition) is 0. The van der Waals surface area contributed by atoms with Gasteiger partial charge in [-0.1, -0.05) is 18.2 Å². The minimum absolute atomic E-state index is 0.0804. The van der Waals surface area contributed by atoms with Gasteiger partial charge in [-0.05, 0) is 91.5 Å². The molecule has 0 aliphatic carbocycles. The number of methoxy groups -OCH3 is 4. The van der Waals surface area contributed by atoms with E-state index < -0.39 is 12.0 Å². The molecule has 4 atom stereocenters. The van der Waals surface area contributed by atoms with Crippen LogP contribution in [0.5, 0.6) is 46.0 Å². The van der Waals surface area contributed by atoms with Crippen molar-refractivity contribution in [2.45, 2.75) is 50.7 Å². The maximum atomic E-state index is 12.5. The molecular weight excluding hydrogens is 648 g/mol. The van der Waals surface area contributed by atoms with Gasteiger partial charge in [-0.2, -0.15) is 0 Å². The van der Waals surface area contributed by atoms with Crippen LogP contribution in [0.1, 0.15) is 52.4 Å². The summed E-state index contributed by atoms with van der Waals surface area (Å²) in [6, 6.07) is 19.2. The van der Waals surface area contributed by atoms with Crippen LogP contribution in [0.15, 0.2) is 60.7 Å². The Kier molecular flexibility index (Phi) is 9.24. The van der Waals surface area contributed by atoms with Crippen molar-refractivity contribution in [1.29, 1.82) is 0 Å². The summed E-state index contributed by atoms with van der Waals surface area (Å²) < 4.78 is 37.4. The molecule has 4 aliphatic heterocycles. The first-order chi connectivity index (χ1) is 24.6. The number of fused-ring (bicyclic) bond motifs is 2. The topological polar surface area (TPSA) is 98.8 Å². The number of hydrogen-bond acceptors (Lipinski definition) is 9. The molecule has 4 aromatic rings. The molecule has 4 heterocycles. The second-order valence-electron chi connectivity index (χ2n) is 14.0. The highest BCUT2D eigenvalue weighted by Gasteiger charge is 2.44. The number of likely N-dealkylation sites (N-methyl/N-ethyl adjacent to an activating group) is 2. The molecule has 0 amide bonds. The summed E-state index contributed by atoms with van der Waals surface area (Å²) in [6.45, 7) is 3.21. The first kappa shape index (κ1) is 34.5. The largest absolute Gasteiger partial charge is 0.544 e. The van der Waals surface area contributed by atoms with E-state index in [1.807, 2.05) is 55.6 Å². The van der Waals surface area contributed by atoms with Gasteiger partial charge in [0.1, 0.15) is 17.8 Å². The molecule has 10 nitrogen and oxygen atoms in total. The Hall–Kier alpha value is -4.93. The van der Waals surface area contributed by atoms with E-state index in [2.05, 4.69) is 24.1 Å². The molecule has 0 radical (unpaired) electrons. The molecule has 268 valence electrons. The van der Waals surface area contributed by atoms with Crippen molar-refractivity contribution in [3.63, 3.8) is 0 Å². The average Bonchev–Trinajstić information content (AvgIpc) is 3.13. The van der Waals surface area contributed by atoms with Gasteiger partial charge >= 0.3 is 0 Å². The number of rotatable bonds is 6. The number of benzene rings is 4. The summed E-state index contributed by atoms with van der Waals surface area (Å²) in [7, 11) is 10.7. The summed E-state index contributed by atoms with van der Waals surface area (Å²) in [6.07, 6.45) is 2.71. The highest BCUT2D eigenvalue weighted by molar-refractivity contribution is 5.69. The molecule has 4 aliphatic rings. The van der Waals surface area contributed by atoms with Crippen molar-refractivity contribution in [3.05, 3.63) is 94.0 Å². The predicted octanol–water partition coefficient (Wildman–Crippen LogP) is 5.82. The van der Waals surface area contributed by atoms with Crippen LogP contribution in [0.25, 0.3) is 0 Å². The van der Waals surface area contributed by atoms with E-state index in [0.717, 1.165) is 46.3 Å². The van der Waals surface area contributed by atoms with Gasteiger partial charge < -0.3 is 42.8 Å². The Balaban J connectivity index is 1.49. The van der Waals surface area contributed by atoms with Gasteiger partial charge in [0.05, 0.1) is 48.0 Å². The third-order valence-corrected chi connectivity index (χ3v) is 11.4. The fraction of sp³-hybridized carbons (Fsp3) is 0.390. The summed E-state index contributed by atoms with van der Waals surface area (Å²) >= 11 is 0. The van der Waals surface area contributed by atoms with Crippen molar-refractivity contribution in [2.24, 2.45) is 0 Å². The first-order valence-corrected chi connectivity index (χ1v) is 17.4. The van der Waals surface area contributed by atoms with Crippen molar-refractivity contribution in [2.75, 3.05) is 55.6 Å². The van der Waals surface area contributed by atoms with E-state index in [0.29, 0.717) is 71.8 Å². The molecule has 4 aromatic carbocycles. The smallest absolute Gasteiger partial charge is 0.204 e. The fourth-order valence-electron chi connectivity index (χ4n) is 8.18. The van der Waals surface area contributed by atoms with Gasteiger partial charge in [0.15, 0.2) is 34.5 Å². The molecule has 0 fully saturated rings. The average molecular weight is 695 g/mol. The van der Waals surface area contributed by atoms with Crippen molar-refractivity contribution in [3.8, 4) is 46.0 Å². The van der Waals surface area contributed by atoms with Gasteiger partial charge in [0, 0.05) is 36.6 Å². The SMILES string of the molecule is COc1ccc2cc1Oc1ccc(cc1)CC1c3cc(c(OC)cc3CC[N+]1(C)C(C)C(=O)[O-])Oc1c(OC)c(OC)cc3c1C(C2)N(C)CC3. The summed E-state index contributed by atoms with van der Waals surface area (Å²) in [5, 5.41) is 12.5. The highest BCUT2D eigenvalue weighted by atomic mass is 16.5. The lowest BCUT2D eigenvalue weighted by molar-refractivity contribution is -0.956. The normalized spacial score (nSPS) is 21.5. The van der Waals surface area contributed by atoms with Crippen LogP contribution in [0.3, 0.4) is 0 Å². The monoisotopic (exact) mass is 694 g/mol. The van der Waals surface area contributed by atoms with Gasteiger partial charge in [-0.15, -0.1) is 0 Å². The summed E-state index contributed by atoms with van der Waals surface area (Å²) in [5.74, 6) is 3.61. The number of nitrogens with zero attached hydrogens (tertiary/aromatic N) is 2. The lowest BCUT2D eigenvalue weighted by atomic mass is 9.85. The number of quaternary nitrogens is 1. The maximum absolute atomic E-state index is 12.5. The van der Waals surface area contributed by atoms with E-state index in [-0.39, 0.29) is 16.6 Å². The minimum Gasteiger partial charge on any atom is -0.544 e. The first-order valence-electron chi connectivity index (χ1n) is 17.4. The molecule has 0 saturated heterocycles. The molecule has 0 N–H and O–H groups in total. The van der Waals surface area contributed by atoms with Crippen LogP contribution in [0.2, 0.25) is 0 Å². The Morgan fingerprint density at radius 2 is 1.51 bits per heavy atom. The number of carbonyl (C=O) groups is 1. The molecule has 4 unspecified atom stereocenters. The van der Waals surface area contributed by atoms with E-state index >= 15 is 0 Å². The number of aliphatic carboxylic acids is 1. The van der Waals surface area contributed by atoms with E-state index in [1.54, 1.807) is 35.4 Å². The predicted molar refractivity (Wildman–Crippen MR) is 191 cm³/mol. The number of carboxylic acid groups (broad SMARTS) is 1. The Labute approximate surface area is 299 Å². The Morgan fingerprint density at radius 1 is 0.824 bits per heavy atom. The molecule has 51 heavy (non-hydrogen) atoms. The standard InChI is InChI=1S/C41H46N2O8/c1-24(41(44)45)43(3)17-15-27-21-34(47-5)36-23-30(27)32(43)19-25-8-11-29(12-9-25)50-35-20-26(10-13-33(35)46-4)18-31-38-28(14-16-42(31)2)22-37(48-6)39(49-7)40(38)51-36/h8-13,20-24,31-32H,14-19H2,1-7H3. The molecule has 10 heteroatoms. The molecular formula is C41H46N2O8. The Bertz CT molecular complexity index is 1960. The molecule has 0 aromatic heterocycles. The van der Waals surface area contributed by atoms with Crippen molar-refractivity contribution in [1.82, 2.24) is 4.90 Å². The zero-order chi connectivity index (χ0) is 36.0.